The first kappa shape index (κ1) is 23.7. The summed E-state index contributed by atoms with van der Waals surface area (Å²) in [5.41, 5.74) is 0.434. The zero-order valence-electron chi connectivity index (χ0n) is 19.3. The average Bonchev–Trinajstić information content (AvgIpc) is 3.26. The maximum Gasteiger partial charge on any atom is 0.377 e. The van der Waals surface area contributed by atoms with Gasteiger partial charge in [-0.25, -0.2) is 14.0 Å². The zero-order chi connectivity index (χ0) is 24.8. The molecule has 0 fully saturated rings. The molecule has 0 aliphatic heterocycles. The van der Waals surface area contributed by atoms with Crippen LogP contribution in [-0.2, 0) is 6.42 Å². The van der Waals surface area contributed by atoms with E-state index >= 15 is 0 Å². The lowest BCUT2D eigenvalue weighted by atomic mass is 10.2. The summed E-state index contributed by atoms with van der Waals surface area (Å²) in [4.78, 5) is 27.7. The van der Waals surface area contributed by atoms with E-state index in [1.165, 1.54) is 24.1 Å². The summed E-state index contributed by atoms with van der Waals surface area (Å²) in [5, 5.41) is 7.41. The van der Waals surface area contributed by atoms with E-state index < -0.39 is 17.5 Å². The first-order chi connectivity index (χ1) is 17.0. The molecule has 180 valence electrons. The Labute approximate surface area is 200 Å². The Bertz CT molecular complexity index is 1370. The molecule has 3 aromatic carbocycles. The number of para-hydroxylation sites is 3. The molecule has 35 heavy (non-hydrogen) atoms. The van der Waals surface area contributed by atoms with E-state index in [-0.39, 0.29) is 18.0 Å². The van der Waals surface area contributed by atoms with Gasteiger partial charge in [-0.2, -0.15) is 4.68 Å². The molecule has 1 aromatic heterocycles. The van der Waals surface area contributed by atoms with Gasteiger partial charge in [-0.05, 0) is 47.2 Å². The normalized spacial score (nSPS) is 10.7. The Kier molecular flexibility index (Phi) is 7.20. The molecule has 0 atom stereocenters. The van der Waals surface area contributed by atoms with Crippen molar-refractivity contribution in [2.75, 3.05) is 25.2 Å². The lowest BCUT2D eigenvalue weighted by Gasteiger charge is -2.22. The summed E-state index contributed by atoms with van der Waals surface area (Å²) >= 11 is 0. The Morgan fingerprint density at radius 1 is 0.971 bits per heavy atom. The molecular formula is C25H24FN5O4. The topological polar surface area (TPSA) is 91.5 Å². The molecule has 0 aliphatic rings. The molecule has 0 N–H and O–H groups in total. The van der Waals surface area contributed by atoms with Gasteiger partial charge in [0.15, 0.2) is 5.82 Å². The molecule has 0 bridgehead atoms. The number of methoxy groups -OCH3 is 1. The highest BCUT2D eigenvalue weighted by molar-refractivity contribution is 5.94. The Morgan fingerprint density at radius 2 is 1.69 bits per heavy atom. The van der Waals surface area contributed by atoms with Crippen molar-refractivity contribution in [1.29, 1.82) is 0 Å². The van der Waals surface area contributed by atoms with Crippen LogP contribution in [0.3, 0.4) is 0 Å². The highest BCUT2D eigenvalue weighted by atomic mass is 19.1. The molecule has 4 aromatic rings. The molecule has 1 amide bonds. The Hall–Kier alpha value is -4.47. The second kappa shape index (κ2) is 10.6. The van der Waals surface area contributed by atoms with Crippen molar-refractivity contribution in [2.45, 2.75) is 13.3 Å². The summed E-state index contributed by atoms with van der Waals surface area (Å²) in [6.07, 6.45) is 0.688. The third kappa shape index (κ3) is 4.91. The Morgan fingerprint density at radius 3 is 2.43 bits per heavy atom. The fourth-order valence-electron chi connectivity index (χ4n) is 3.62. The number of benzene rings is 3. The van der Waals surface area contributed by atoms with E-state index in [0.29, 0.717) is 33.8 Å². The maximum absolute atomic E-state index is 14.5. The molecular weight excluding hydrogens is 453 g/mol. The number of ether oxygens (including phenoxy) is 2. The van der Waals surface area contributed by atoms with Crippen LogP contribution >= 0.6 is 0 Å². The van der Waals surface area contributed by atoms with E-state index in [4.69, 9.17) is 9.47 Å². The standard InChI is InChI=1S/C25H24FN5O4/c1-3-29(20-13-7-8-14-21(20)35-17-16-18-10-5-4-6-11-18)24(32)31-25(33)30(27-28-31)23-19(26)12-9-15-22(23)34-2/h4-15H,3,16-17H2,1-2H3. The van der Waals surface area contributed by atoms with Gasteiger partial charge < -0.3 is 9.47 Å². The van der Waals surface area contributed by atoms with Crippen molar-refractivity contribution < 1.29 is 18.7 Å². The predicted molar refractivity (Wildman–Crippen MR) is 128 cm³/mol. The van der Waals surface area contributed by atoms with Crippen LogP contribution in [0.25, 0.3) is 5.69 Å². The van der Waals surface area contributed by atoms with E-state index in [1.54, 1.807) is 31.2 Å². The van der Waals surface area contributed by atoms with Gasteiger partial charge in [-0.1, -0.05) is 48.5 Å². The summed E-state index contributed by atoms with van der Waals surface area (Å²) < 4.78 is 26.9. The number of amides is 1. The number of anilines is 1. The van der Waals surface area contributed by atoms with Gasteiger partial charge in [0.25, 0.3) is 0 Å². The van der Waals surface area contributed by atoms with Gasteiger partial charge in [-0.15, -0.1) is 4.68 Å². The van der Waals surface area contributed by atoms with Gasteiger partial charge in [0.1, 0.15) is 17.2 Å². The molecule has 0 spiro atoms. The number of nitrogens with zero attached hydrogens (tertiary/aromatic N) is 5. The number of carbonyl (C=O) groups is 1. The second-order valence-corrected chi connectivity index (χ2v) is 7.45. The van der Waals surface area contributed by atoms with Crippen LogP contribution < -0.4 is 20.1 Å². The molecule has 0 radical (unpaired) electrons. The predicted octanol–water partition coefficient (Wildman–Crippen LogP) is 3.69. The zero-order valence-corrected chi connectivity index (χ0v) is 19.3. The van der Waals surface area contributed by atoms with Gasteiger partial charge in [0.05, 0.1) is 19.4 Å². The minimum Gasteiger partial charge on any atom is -0.494 e. The average molecular weight is 477 g/mol. The van der Waals surface area contributed by atoms with Crippen LogP contribution in [0.15, 0.2) is 77.6 Å². The largest absolute Gasteiger partial charge is 0.494 e. The third-order valence-electron chi connectivity index (χ3n) is 5.34. The maximum atomic E-state index is 14.5. The number of hydrogen-bond donors (Lipinski definition) is 0. The molecule has 10 heteroatoms. The third-order valence-corrected chi connectivity index (χ3v) is 5.34. The number of hydrogen-bond acceptors (Lipinski definition) is 6. The van der Waals surface area contributed by atoms with Crippen LogP contribution in [0.1, 0.15) is 12.5 Å². The first-order valence-electron chi connectivity index (χ1n) is 11.0. The van der Waals surface area contributed by atoms with Crippen molar-refractivity contribution in [2.24, 2.45) is 0 Å². The van der Waals surface area contributed by atoms with Crippen molar-refractivity contribution in [3.8, 4) is 17.2 Å². The second-order valence-electron chi connectivity index (χ2n) is 7.45. The molecule has 1 heterocycles. The number of halogens is 1. The van der Waals surface area contributed by atoms with Gasteiger partial charge >= 0.3 is 11.7 Å². The van der Waals surface area contributed by atoms with Crippen LogP contribution in [0.2, 0.25) is 0 Å². The SMILES string of the molecule is CCN(C(=O)n1nnn(-c2c(F)cccc2OC)c1=O)c1ccccc1OCCc1ccccc1. The molecule has 4 rings (SSSR count). The summed E-state index contributed by atoms with van der Waals surface area (Å²) in [7, 11) is 1.34. The number of carbonyl (C=O) groups excluding carboxylic acids is 1. The summed E-state index contributed by atoms with van der Waals surface area (Å²) in [6.45, 7) is 2.38. The van der Waals surface area contributed by atoms with Gasteiger partial charge in [-0.3, -0.25) is 4.90 Å². The van der Waals surface area contributed by atoms with Crippen LogP contribution in [0, 0.1) is 5.82 Å². The number of aromatic nitrogens is 4. The lowest BCUT2D eigenvalue weighted by molar-refractivity contribution is 0.243. The van der Waals surface area contributed by atoms with Crippen molar-refractivity contribution in [3.05, 3.63) is 94.7 Å². The van der Waals surface area contributed by atoms with E-state index in [0.717, 1.165) is 11.6 Å². The van der Waals surface area contributed by atoms with Crippen molar-refractivity contribution in [3.63, 3.8) is 0 Å². The van der Waals surface area contributed by atoms with Crippen LogP contribution in [0.4, 0.5) is 14.9 Å². The monoisotopic (exact) mass is 477 g/mol. The van der Waals surface area contributed by atoms with E-state index in [2.05, 4.69) is 10.4 Å². The lowest BCUT2D eigenvalue weighted by Crippen LogP contribution is -2.41. The fourth-order valence-corrected chi connectivity index (χ4v) is 3.62. The van der Waals surface area contributed by atoms with Crippen LogP contribution in [0.5, 0.6) is 11.5 Å². The Balaban J connectivity index is 1.61. The molecule has 0 unspecified atom stereocenters. The van der Waals surface area contributed by atoms with Crippen molar-refractivity contribution in [1.82, 2.24) is 19.8 Å². The summed E-state index contributed by atoms with van der Waals surface area (Å²) in [5.74, 6) is -0.179. The molecule has 0 aliphatic carbocycles. The highest BCUT2D eigenvalue weighted by Gasteiger charge is 2.26. The molecule has 0 saturated heterocycles. The minimum atomic E-state index is -0.931. The summed E-state index contributed by atoms with van der Waals surface area (Å²) in [6, 6.07) is 20.2. The molecule has 9 nitrogen and oxygen atoms in total. The smallest absolute Gasteiger partial charge is 0.377 e. The molecule has 0 saturated carbocycles. The van der Waals surface area contributed by atoms with E-state index in [1.807, 2.05) is 30.3 Å². The fraction of sp³-hybridized carbons (Fsp3) is 0.200. The van der Waals surface area contributed by atoms with Crippen LogP contribution in [-0.4, -0.2) is 46.1 Å². The number of rotatable bonds is 8. The number of tetrazole rings is 1. The quantitative estimate of drug-likeness (QED) is 0.360. The van der Waals surface area contributed by atoms with Gasteiger partial charge in [0.2, 0.25) is 0 Å². The first-order valence-corrected chi connectivity index (χ1v) is 11.0. The van der Waals surface area contributed by atoms with Crippen molar-refractivity contribution >= 4 is 11.7 Å². The van der Waals surface area contributed by atoms with Gasteiger partial charge in [0, 0.05) is 13.0 Å². The minimum absolute atomic E-state index is 0.0797. The van der Waals surface area contributed by atoms with E-state index in [9.17, 15) is 14.0 Å². The highest BCUT2D eigenvalue weighted by Crippen LogP contribution is 2.29.